The number of nitriles is 1. The van der Waals surface area contributed by atoms with Crippen LogP contribution in [0.25, 0.3) is 0 Å². The molecule has 1 saturated heterocycles. The van der Waals surface area contributed by atoms with E-state index in [-0.39, 0.29) is 5.54 Å². The van der Waals surface area contributed by atoms with Gasteiger partial charge in [0.2, 0.25) is 0 Å². The van der Waals surface area contributed by atoms with E-state index < -0.39 is 0 Å². The summed E-state index contributed by atoms with van der Waals surface area (Å²) in [5.41, 5.74) is 1.88. The van der Waals surface area contributed by atoms with Crippen LogP contribution in [0.2, 0.25) is 0 Å². The highest BCUT2D eigenvalue weighted by atomic mass is 15.1. The van der Waals surface area contributed by atoms with E-state index in [1.54, 1.807) is 0 Å². The van der Waals surface area contributed by atoms with Gasteiger partial charge in [0, 0.05) is 18.8 Å². The molecule has 2 rings (SSSR count). The number of likely N-dealkylation sites (tertiary alicyclic amines) is 1. The Morgan fingerprint density at radius 1 is 1.35 bits per heavy atom. The standard InChI is InChI=1S/C14H19N3/c1-12-4-3-5-13(10-12)16-14(11-15)6-8-17(2)9-7-14/h3-5,10,16H,6-9H2,1-2H3. The summed E-state index contributed by atoms with van der Waals surface area (Å²) in [4.78, 5) is 2.27. The molecule has 1 N–H and O–H groups in total. The number of hydrogen-bond donors (Lipinski definition) is 1. The van der Waals surface area contributed by atoms with Gasteiger partial charge < -0.3 is 10.2 Å². The minimum Gasteiger partial charge on any atom is -0.367 e. The van der Waals surface area contributed by atoms with Gasteiger partial charge in [-0.05, 0) is 44.5 Å². The predicted molar refractivity (Wildman–Crippen MR) is 69.9 cm³/mol. The summed E-state index contributed by atoms with van der Waals surface area (Å²) in [6, 6.07) is 10.7. The zero-order valence-electron chi connectivity index (χ0n) is 10.5. The Hall–Kier alpha value is -1.53. The summed E-state index contributed by atoms with van der Waals surface area (Å²) in [6.07, 6.45) is 1.77. The number of hydrogen-bond acceptors (Lipinski definition) is 3. The number of anilines is 1. The van der Waals surface area contributed by atoms with Crippen LogP contribution in [-0.2, 0) is 0 Å². The Bertz CT molecular complexity index is 425. The summed E-state index contributed by atoms with van der Waals surface area (Å²) in [7, 11) is 2.11. The first-order valence-corrected chi connectivity index (χ1v) is 6.08. The highest BCUT2D eigenvalue weighted by Crippen LogP contribution is 2.26. The fraction of sp³-hybridized carbons (Fsp3) is 0.500. The smallest absolute Gasteiger partial charge is 0.127 e. The lowest BCUT2D eigenvalue weighted by Crippen LogP contribution is -2.47. The first-order chi connectivity index (χ1) is 8.13. The average Bonchev–Trinajstić information content (AvgIpc) is 2.33. The van der Waals surface area contributed by atoms with Crippen molar-refractivity contribution in [2.24, 2.45) is 0 Å². The zero-order chi connectivity index (χ0) is 12.3. The molecular formula is C14H19N3. The lowest BCUT2D eigenvalue weighted by atomic mass is 9.89. The molecule has 17 heavy (non-hydrogen) atoms. The van der Waals surface area contributed by atoms with Crippen molar-refractivity contribution in [1.29, 1.82) is 5.26 Å². The molecule has 0 atom stereocenters. The van der Waals surface area contributed by atoms with Crippen LogP contribution < -0.4 is 5.32 Å². The van der Waals surface area contributed by atoms with E-state index >= 15 is 0 Å². The maximum Gasteiger partial charge on any atom is 0.127 e. The third kappa shape index (κ3) is 2.78. The number of piperidine rings is 1. The topological polar surface area (TPSA) is 39.1 Å². The van der Waals surface area contributed by atoms with Crippen molar-refractivity contribution >= 4 is 5.69 Å². The first kappa shape index (κ1) is 11.9. The van der Waals surface area contributed by atoms with Crippen LogP contribution in [0.4, 0.5) is 5.69 Å². The molecule has 90 valence electrons. The van der Waals surface area contributed by atoms with Gasteiger partial charge in [-0.1, -0.05) is 12.1 Å². The molecule has 0 radical (unpaired) electrons. The SMILES string of the molecule is Cc1cccc(NC2(C#N)CCN(C)CC2)c1. The summed E-state index contributed by atoms with van der Waals surface area (Å²) < 4.78 is 0. The third-order valence-electron chi connectivity index (χ3n) is 3.46. The molecule has 0 bridgehead atoms. The lowest BCUT2D eigenvalue weighted by Gasteiger charge is -2.36. The van der Waals surface area contributed by atoms with Gasteiger partial charge in [0.25, 0.3) is 0 Å². The Balaban J connectivity index is 2.13. The van der Waals surface area contributed by atoms with Crippen molar-refractivity contribution < 1.29 is 0 Å². The van der Waals surface area contributed by atoms with Crippen LogP contribution in [0.1, 0.15) is 18.4 Å². The fourth-order valence-electron chi connectivity index (χ4n) is 2.26. The van der Waals surface area contributed by atoms with Gasteiger partial charge in [-0.15, -0.1) is 0 Å². The van der Waals surface area contributed by atoms with Gasteiger partial charge in [0.15, 0.2) is 0 Å². The summed E-state index contributed by atoms with van der Waals surface area (Å²) in [6.45, 7) is 4.03. The number of nitrogens with one attached hydrogen (secondary N) is 1. The van der Waals surface area contributed by atoms with Crippen molar-refractivity contribution in [2.75, 3.05) is 25.5 Å². The van der Waals surface area contributed by atoms with Crippen LogP contribution in [0.15, 0.2) is 24.3 Å². The molecule has 0 spiro atoms. The van der Waals surface area contributed by atoms with Crippen LogP contribution >= 0.6 is 0 Å². The Morgan fingerprint density at radius 2 is 2.06 bits per heavy atom. The minimum absolute atomic E-state index is 0.389. The van der Waals surface area contributed by atoms with Crippen LogP contribution in [-0.4, -0.2) is 30.6 Å². The largest absolute Gasteiger partial charge is 0.367 e. The summed E-state index contributed by atoms with van der Waals surface area (Å²) in [5, 5.41) is 12.8. The predicted octanol–water partition coefficient (Wildman–Crippen LogP) is 2.39. The van der Waals surface area contributed by atoms with Crippen molar-refractivity contribution in [3.8, 4) is 6.07 Å². The van der Waals surface area contributed by atoms with Gasteiger partial charge in [-0.25, -0.2) is 0 Å². The van der Waals surface area contributed by atoms with Gasteiger partial charge >= 0.3 is 0 Å². The first-order valence-electron chi connectivity index (χ1n) is 6.08. The molecule has 0 aliphatic carbocycles. The van der Waals surface area contributed by atoms with Gasteiger partial charge in [-0.3, -0.25) is 0 Å². The average molecular weight is 229 g/mol. The molecule has 1 aromatic rings. The molecule has 0 aromatic heterocycles. The molecule has 0 unspecified atom stereocenters. The number of benzene rings is 1. The van der Waals surface area contributed by atoms with Crippen molar-refractivity contribution in [3.05, 3.63) is 29.8 Å². The number of aryl methyl sites for hydroxylation is 1. The van der Waals surface area contributed by atoms with Gasteiger partial charge in [0.05, 0.1) is 6.07 Å². The second kappa shape index (κ2) is 4.77. The van der Waals surface area contributed by atoms with Gasteiger partial charge in [0.1, 0.15) is 5.54 Å². The molecule has 1 aliphatic heterocycles. The molecule has 1 aliphatic rings. The minimum atomic E-state index is -0.389. The van der Waals surface area contributed by atoms with Crippen molar-refractivity contribution in [2.45, 2.75) is 25.3 Å². The molecule has 0 saturated carbocycles. The molecule has 3 nitrogen and oxygen atoms in total. The van der Waals surface area contributed by atoms with E-state index in [0.717, 1.165) is 31.6 Å². The highest BCUT2D eigenvalue weighted by Gasteiger charge is 2.33. The van der Waals surface area contributed by atoms with E-state index in [1.807, 2.05) is 12.1 Å². The maximum atomic E-state index is 9.43. The molecule has 1 heterocycles. The van der Waals surface area contributed by atoms with Crippen molar-refractivity contribution in [1.82, 2.24) is 4.90 Å². The Morgan fingerprint density at radius 3 is 2.65 bits per heavy atom. The fourth-order valence-corrected chi connectivity index (χ4v) is 2.26. The molecule has 1 fully saturated rings. The zero-order valence-corrected chi connectivity index (χ0v) is 10.5. The van der Waals surface area contributed by atoms with Gasteiger partial charge in [-0.2, -0.15) is 5.26 Å². The lowest BCUT2D eigenvalue weighted by molar-refractivity contribution is 0.235. The summed E-state index contributed by atoms with van der Waals surface area (Å²) in [5.74, 6) is 0. The summed E-state index contributed by atoms with van der Waals surface area (Å²) >= 11 is 0. The van der Waals surface area contributed by atoms with E-state index in [4.69, 9.17) is 0 Å². The molecule has 0 amide bonds. The number of rotatable bonds is 2. The van der Waals surface area contributed by atoms with E-state index in [0.29, 0.717) is 0 Å². The monoisotopic (exact) mass is 229 g/mol. The highest BCUT2D eigenvalue weighted by molar-refractivity contribution is 5.49. The quantitative estimate of drug-likeness (QED) is 0.846. The van der Waals surface area contributed by atoms with E-state index in [2.05, 4.69) is 42.4 Å². The normalized spacial score (nSPS) is 19.6. The van der Waals surface area contributed by atoms with Crippen LogP contribution in [0, 0.1) is 18.3 Å². The number of nitrogens with zero attached hydrogens (tertiary/aromatic N) is 2. The molecule has 1 aromatic carbocycles. The second-order valence-corrected chi connectivity index (χ2v) is 4.99. The second-order valence-electron chi connectivity index (χ2n) is 4.99. The Labute approximate surface area is 103 Å². The van der Waals surface area contributed by atoms with E-state index in [1.165, 1.54) is 5.56 Å². The van der Waals surface area contributed by atoms with Crippen LogP contribution in [0.3, 0.4) is 0 Å². The third-order valence-corrected chi connectivity index (χ3v) is 3.46. The van der Waals surface area contributed by atoms with E-state index in [9.17, 15) is 5.26 Å². The molecular weight excluding hydrogens is 210 g/mol. The molecule has 3 heteroatoms. The van der Waals surface area contributed by atoms with Crippen LogP contribution in [0.5, 0.6) is 0 Å². The Kier molecular flexibility index (Phi) is 3.35. The van der Waals surface area contributed by atoms with Crippen molar-refractivity contribution in [3.63, 3.8) is 0 Å². The maximum absolute atomic E-state index is 9.43.